The number of phenols is 2. The van der Waals surface area contributed by atoms with E-state index in [9.17, 15) is 44.1 Å². The van der Waals surface area contributed by atoms with Gasteiger partial charge in [0.2, 0.25) is 5.91 Å². The van der Waals surface area contributed by atoms with Gasteiger partial charge in [0.15, 0.2) is 11.4 Å². The number of carbonyl (C=O) groups is 6. The molecule has 3 aromatic rings. The number of phenolic OH excluding ortho intramolecular Hbond substituents is 2. The number of esters is 1. The van der Waals surface area contributed by atoms with Crippen LogP contribution in [0.15, 0.2) is 54.6 Å². The summed E-state index contributed by atoms with van der Waals surface area (Å²) < 4.78 is 12.2. The number of hydrogen-bond acceptors (Lipinski definition) is 11. The third-order valence-corrected chi connectivity index (χ3v) is 13.3. The van der Waals surface area contributed by atoms with Gasteiger partial charge in [0.25, 0.3) is 5.91 Å². The first-order valence-electron chi connectivity index (χ1n) is 23.8. The Balaban J connectivity index is 1.06. The number of amides is 2. The van der Waals surface area contributed by atoms with Crippen molar-refractivity contribution in [1.82, 2.24) is 10.2 Å². The van der Waals surface area contributed by atoms with E-state index in [1.165, 1.54) is 82.2 Å². The van der Waals surface area contributed by atoms with E-state index in [4.69, 9.17) is 9.47 Å². The van der Waals surface area contributed by atoms with Crippen LogP contribution in [0, 0.1) is 11.8 Å². The summed E-state index contributed by atoms with van der Waals surface area (Å²) in [4.78, 5) is 81.5. The maximum atomic E-state index is 14.2. The number of nitrogens with one attached hydrogen (secondary N) is 1. The van der Waals surface area contributed by atoms with E-state index < -0.39 is 42.0 Å². The van der Waals surface area contributed by atoms with E-state index in [1.54, 1.807) is 29.2 Å². The molecule has 3 aliphatic rings. The first kappa shape index (κ1) is 48.9. The number of benzene rings is 3. The van der Waals surface area contributed by atoms with E-state index in [-0.39, 0.29) is 76.8 Å². The number of rotatable bonds is 26. The SMILES string of the molecule is CCCCCCCCCCCCCC(=O)CC(CCCCNC(=O)c1ccc2c(c1)C(=O)OC21c2ccc(O)cc2Oc2cc(O)ccc21)C(=O)N1CCC[C@H]1C(=O)C[C@@H](CO)C(C)=O. The predicted octanol–water partition coefficient (Wildman–Crippen LogP) is 8.99. The molecule has 1 unspecified atom stereocenters. The molecule has 3 aliphatic heterocycles. The predicted molar refractivity (Wildman–Crippen MR) is 244 cm³/mol. The highest BCUT2D eigenvalue weighted by molar-refractivity contribution is 6.02. The van der Waals surface area contributed by atoms with Crippen LogP contribution in [-0.2, 0) is 29.5 Å². The third-order valence-electron chi connectivity index (χ3n) is 13.3. The second-order valence-corrected chi connectivity index (χ2v) is 18.1. The highest BCUT2D eigenvalue weighted by atomic mass is 16.6. The maximum Gasteiger partial charge on any atom is 0.340 e. The fourth-order valence-corrected chi connectivity index (χ4v) is 9.66. The Morgan fingerprint density at radius 1 is 0.769 bits per heavy atom. The summed E-state index contributed by atoms with van der Waals surface area (Å²) in [7, 11) is 0. The van der Waals surface area contributed by atoms with Crippen LogP contribution in [0.1, 0.15) is 173 Å². The number of aromatic hydroxyl groups is 2. The van der Waals surface area contributed by atoms with Crippen LogP contribution >= 0.6 is 0 Å². The van der Waals surface area contributed by atoms with Gasteiger partial charge >= 0.3 is 5.97 Å². The lowest BCUT2D eigenvalue weighted by Gasteiger charge is -2.36. The molecule has 0 saturated carbocycles. The number of fused-ring (bicyclic) bond motifs is 6. The number of unbranched alkanes of at least 4 members (excludes halogenated alkanes) is 11. The van der Waals surface area contributed by atoms with Crippen molar-refractivity contribution >= 4 is 35.1 Å². The van der Waals surface area contributed by atoms with E-state index in [0.717, 1.165) is 25.7 Å². The summed E-state index contributed by atoms with van der Waals surface area (Å²) in [6.45, 7) is 3.78. The van der Waals surface area contributed by atoms with Crippen molar-refractivity contribution in [3.8, 4) is 23.0 Å². The Bertz CT molecular complexity index is 2150. The summed E-state index contributed by atoms with van der Waals surface area (Å²) in [6.07, 6.45) is 15.7. The Labute approximate surface area is 382 Å². The van der Waals surface area contributed by atoms with E-state index in [1.807, 2.05) is 0 Å². The Morgan fingerprint density at radius 2 is 1.38 bits per heavy atom. The number of Topliss-reactive ketones (excluding diaryl/α,β-unsaturated/α-hetero) is 3. The minimum absolute atomic E-state index is 0.0208. The highest BCUT2D eigenvalue weighted by Crippen LogP contribution is 2.57. The maximum absolute atomic E-state index is 14.2. The standard InChI is InChI=1S/C52H66N2O11/c1-3-4-5-6-7-8-9-10-11-12-13-18-38(57)28-36(50(62)54-27-16-19-45(54)46(60)30-37(33-55)34(2)56)17-14-15-26-53-49(61)35-20-23-42-41(29-35)51(63)65-52(42)43-24-21-39(58)31-47(43)64-48-32-40(59)22-25-44(48)52/h20-25,29,31-32,36-37,45,55,58-59H,3-19,26-28,30,33H2,1-2H3,(H,53,61)/t36?,37-,45-/m0/s1. The van der Waals surface area contributed by atoms with Gasteiger partial charge in [-0.15, -0.1) is 0 Å². The lowest BCUT2D eigenvalue weighted by atomic mass is 9.77. The quantitative estimate of drug-likeness (QED) is 0.0443. The molecule has 0 aromatic heterocycles. The van der Waals surface area contributed by atoms with Crippen LogP contribution < -0.4 is 10.1 Å². The van der Waals surface area contributed by atoms with Crippen molar-refractivity contribution in [2.75, 3.05) is 19.7 Å². The molecule has 0 bridgehead atoms. The zero-order chi connectivity index (χ0) is 46.5. The lowest BCUT2D eigenvalue weighted by Crippen LogP contribution is -2.44. The van der Waals surface area contributed by atoms with E-state index in [0.29, 0.717) is 61.8 Å². The van der Waals surface area contributed by atoms with E-state index >= 15 is 0 Å². The molecule has 1 spiro atoms. The number of ketones is 3. The molecule has 2 amide bonds. The molecule has 3 atom stereocenters. The average molecular weight is 895 g/mol. The molecule has 4 N–H and O–H groups in total. The molecule has 3 aromatic carbocycles. The second kappa shape index (κ2) is 23.1. The van der Waals surface area contributed by atoms with Crippen LogP contribution in [0.3, 0.4) is 0 Å². The zero-order valence-electron chi connectivity index (χ0n) is 38.0. The largest absolute Gasteiger partial charge is 0.508 e. The van der Waals surface area contributed by atoms with Gasteiger partial charge in [0, 0.05) is 78.6 Å². The van der Waals surface area contributed by atoms with E-state index in [2.05, 4.69) is 12.2 Å². The summed E-state index contributed by atoms with van der Waals surface area (Å²) in [5, 5.41) is 33.0. The lowest BCUT2D eigenvalue weighted by molar-refractivity contribution is -0.143. The molecular formula is C52H66N2O11. The topological polar surface area (TPSA) is 197 Å². The second-order valence-electron chi connectivity index (χ2n) is 18.1. The number of carbonyl (C=O) groups excluding carboxylic acids is 6. The summed E-state index contributed by atoms with van der Waals surface area (Å²) in [6, 6.07) is 13.0. The summed E-state index contributed by atoms with van der Waals surface area (Å²) in [5.74, 6) is -2.89. The number of aliphatic hydroxyl groups is 1. The van der Waals surface area contributed by atoms with Gasteiger partial charge in [-0.2, -0.15) is 0 Å². The van der Waals surface area contributed by atoms with Gasteiger partial charge in [-0.3, -0.25) is 24.0 Å². The molecule has 0 radical (unpaired) electrons. The highest BCUT2D eigenvalue weighted by Gasteiger charge is 2.54. The number of aliphatic hydroxyl groups excluding tert-OH is 1. The monoisotopic (exact) mass is 894 g/mol. The van der Waals surface area contributed by atoms with Crippen molar-refractivity contribution < 1.29 is 53.6 Å². The molecule has 13 nitrogen and oxygen atoms in total. The fourth-order valence-electron chi connectivity index (χ4n) is 9.66. The van der Waals surface area contributed by atoms with Crippen LogP contribution in [-0.4, -0.2) is 81.1 Å². The van der Waals surface area contributed by atoms with Gasteiger partial charge in [-0.05, 0) is 75.4 Å². The van der Waals surface area contributed by atoms with Crippen LogP contribution in [0.5, 0.6) is 23.0 Å². The fraction of sp³-hybridized carbons (Fsp3) is 0.538. The van der Waals surface area contributed by atoms with Gasteiger partial charge < -0.3 is 35.0 Å². The molecule has 350 valence electrons. The summed E-state index contributed by atoms with van der Waals surface area (Å²) in [5.41, 5.74) is 0.390. The van der Waals surface area contributed by atoms with Crippen LogP contribution in [0.4, 0.5) is 0 Å². The molecule has 13 heteroatoms. The summed E-state index contributed by atoms with van der Waals surface area (Å²) >= 11 is 0. The first-order chi connectivity index (χ1) is 31.4. The van der Waals surface area contributed by atoms with Crippen molar-refractivity contribution in [2.45, 2.75) is 147 Å². The molecule has 3 heterocycles. The van der Waals surface area contributed by atoms with Crippen LogP contribution in [0.2, 0.25) is 0 Å². The Hall–Kier alpha value is -5.56. The van der Waals surface area contributed by atoms with Gasteiger partial charge in [0.1, 0.15) is 34.6 Å². The van der Waals surface area contributed by atoms with Gasteiger partial charge in [-0.25, -0.2) is 4.79 Å². The molecule has 0 aliphatic carbocycles. The number of hydrogen-bond donors (Lipinski definition) is 4. The van der Waals surface area contributed by atoms with Crippen LogP contribution in [0.25, 0.3) is 0 Å². The number of nitrogens with zero attached hydrogens (tertiary/aromatic N) is 1. The van der Waals surface area contributed by atoms with Crippen molar-refractivity contribution in [3.05, 3.63) is 82.4 Å². The van der Waals surface area contributed by atoms with Gasteiger partial charge in [-0.1, -0.05) is 83.6 Å². The number of likely N-dealkylation sites (tertiary alicyclic amines) is 1. The molecular weight excluding hydrogens is 829 g/mol. The molecule has 1 saturated heterocycles. The van der Waals surface area contributed by atoms with Crippen molar-refractivity contribution in [2.24, 2.45) is 11.8 Å². The Morgan fingerprint density at radius 3 is 2.00 bits per heavy atom. The number of ether oxygens (including phenoxy) is 2. The van der Waals surface area contributed by atoms with Crippen molar-refractivity contribution in [3.63, 3.8) is 0 Å². The minimum Gasteiger partial charge on any atom is -0.508 e. The third kappa shape index (κ3) is 11.8. The average Bonchev–Trinajstić information content (AvgIpc) is 3.89. The molecule has 6 rings (SSSR count). The van der Waals surface area contributed by atoms with Crippen molar-refractivity contribution in [1.29, 1.82) is 0 Å². The molecule has 65 heavy (non-hydrogen) atoms. The molecule has 1 fully saturated rings. The van der Waals surface area contributed by atoms with Gasteiger partial charge in [0.05, 0.1) is 18.2 Å². The Kier molecular flexibility index (Phi) is 17.3. The normalized spacial score (nSPS) is 16.5. The first-order valence-corrected chi connectivity index (χ1v) is 23.8. The minimum atomic E-state index is -1.45. The zero-order valence-corrected chi connectivity index (χ0v) is 38.0. The smallest absolute Gasteiger partial charge is 0.340 e.